The number of hydrogen-bond acceptors (Lipinski definition) is 9. The Labute approximate surface area is 233 Å². The molecule has 0 bridgehead atoms. The smallest absolute Gasteiger partial charge is 0.427 e. The lowest BCUT2D eigenvalue weighted by Crippen LogP contribution is -2.45. The van der Waals surface area contributed by atoms with Crippen LogP contribution >= 0.6 is 11.3 Å². The third kappa shape index (κ3) is 6.71. The van der Waals surface area contributed by atoms with E-state index in [2.05, 4.69) is 15.0 Å². The summed E-state index contributed by atoms with van der Waals surface area (Å²) in [5, 5.41) is 11.8. The molecule has 0 saturated carbocycles. The summed E-state index contributed by atoms with van der Waals surface area (Å²) in [5.41, 5.74) is -2.89. The monoisotopic (exact) mass is 609 g/mol. The summed E-state index contributed by atoms with van der Waals surface area (Å²) in [7, 11) is -4.41. The number of carbonyl (C=O) groups is 2. The molecule has 1 aliphatic rings. The van der Waals surface area contributed by atoms with Gasteiger partial charge in [0.15, 0.2) is 0 Å². The van der Waals surface area contributed by atoms with Gasteiger partial charge in [-0.25, -0.2) is 9.78 Å². The van der Waals surface area contributed by atoms with Crippen LogP contribution in [0.4, 0.5) is 29.3 Å². The number of amides is 1. The van der Waals surface area contributed by atoms with Crippen LogP contribution in [0.25, 0.3) is 0 Å². The van der Waals surface area contributed by atoms with Gasteiger partial charge >= 0.3 is 18.2 Å². The molecule has 1 aliphatic heterocycles. The van der Waals surface area contributed by atoms with Crippen molar-refractivity contribution in [1.82, 2.24) is 4.98 Å². The zero-order chi connectivity index (χ0) is 30.0. The number of carboxylic acids is 1. The van der Waals surface area contributed by atoms with Crippen LogP contribution in [-0.2, 0) is 26.0 Å². The molecule has 1 aromatic carbocycles. The maximum Gasteiger partial charge on any atom is 0.427 e. The lowest BCUT2D eigenvalue weighted by Gasteiger charge is -2.36. The first kappa shape index (κ1) is 31.3. The highest BCUT2D eigenvalue weighted by Crippen LogP contribution is 2.42. The summed E-state index contributed by atoms with van der Waals surface area (Å²) in [6.45, 7) is 6.20. The number of thiazole rings is 1. The van der Waals surface area contributed by atoms with E-state index < -0.39 is 45.9 Å². The molecule has 2 heterocycles. The Kier molecular flexibility index (Phi) is 9.13. The third-order valence-corrected chi connectivity index (χ3v) is 8.86. The zero-order valence-corrected chi connectivity index (χ0v) is 24.0. The van der Waals surface area contributed by atoms with Crippen LogP contribution in [0.1, 0.15) is 46.0 Å². The van der Waals surface area contributed by atoms with E-state index in [4.69, 9.17) is 9.47 Å². The number of aliphatic carboxylic acids is 1. The maximum atomic E-state index is 14.0. The number of benzene rings is 1. The highest BCUT2D eigenvalue weighted by molar-refractivity contribution is 7.93. The van der Waals surface area contributed by atoms with E-state index >= 15 is 0 Å². The average Bonchev–Trinajstić information content (AvgIpc) is 3.26. The molecular weight excluding hydrogens is 579 g/mol. The average molecular weight is 610 g/mol. The minimum Gasteiger partial charge on any atom is -0.486 e. The Hall–Kier alpha value is -3.27. The number of anilines is 2. The van der Waals surface area contributed by atoms with Gasteiger partial charge in [0.05, 0.1) is 29.8 Å². The molecule has 40 heavy (non-hydrogen) atoms. The van der Waals surface area contributed by atoms with Crippen molar-refractivity contribution >= 4 is 44.8 Å². The van der Waals surface area contributed by atoms with Crippen LogP contribution in [0.2, 0.25) is 0 Å². The standard InChI is InChI=1S/C24H30F3N3O8S2/c1-6-18-29-19(21(39-18)36-7-2)40(34,35)30-12-15(10-13(3)20(31)32)37-17-9-8-14(11-16(17)30)28-22(33)38-23(4,5)24(25,26)27/h8-9,11,13,15H,6-7,10,12H2,1-5H3,(H,28,33)(H,31,32)/t13-,15+/m1/s1. The summed E-state index contributed by atoms with van der Waals surface area (Å²) in [6.07, 6.45) is -6.67. The van der Waals surface area contributed by atoms with E-state index in [1.54, 1.807) is 13.8 Å². The second-order valence-corrected chi connectivity index (χ2v) is 12.3. The van der Waals surface area contributed by atoms with Gasteiger partial charge in [-0.3, -0.25) is 14.4 Å². The quantitative estimate of drug-likeness (QED) is 0.378. The fourth-order valence-electron chi connectivity index (χ4n) is 3.64. The minimum atomic E-state index is -4.83. The predicted molar refractivity (Wildman–Crippen MR) is 140 cm³/mol. The number of aromatic nitrogens is 1. The SMILES string of the molecule is CCOc1sc(CC)nc1S(=O)(=O)N1C[C@H](C[C@@H](C)C(=O)O)Oc2ccc(NC(=O)OC(C)(C)C(F)(F)F)cc21. The molecule has 0 radical (unpaired) electrons. The summed E-state index contributed by atoms with van der Waals surface area (Å²) >= 11 is 1.08. The first-order valence-electron chi connectivity index (χ1n) is 12.3. The molecule has 2 atom stereocenters. The number of carbonyl (C=O) groups excluding carboxylic acids is 1. The topological polar surface area (TPSA) is 144 Å². The molecule has 0 spiro atoms. The second-order valence-electron chi connectivity index (χ2n) is 9.44. The van der Waals surface area contributed by atoms with Crippen molar-refractivity contribution in [2.24, 2.45) is 5.92 Å². The molecule has 16 heteroatoms. The first-order chi connectivity index (χ1) is 18.5. The lowest BCUT2D eigenvalue weighted by molar-refractivity contribution is -0.242. The number of rotatable bonds is 10. The van der Waals surface area contributed by atoms with Crippen molar-refractivity contribution in [2.45, 2.75) is 70.4 Å². The van der Waals surface area contributed by atoms with Gasteiger partial charge in [-0.15, -0.1) is 0 Å². The van der Waals surface area contributed by atoms with Crippen LogP contribution in [-0.4, -0.2) is 61.6 Å². The number of alkyl halides is 3. The van der Waals surface area contributed by atoms with Crippen LogP contribution < -0.4 is 19.1 Å². The van der Waals surface area contributed by atoms with Crippen LogP contribution in [0, 0.1) is 5.92 Å². The summed E-state index contributed by atoms with van der Waals surface area (Å²) in [6, 6.07) is 3.82. The predicted octanol–water partition coefficient (Wildman–Crippen LogP) is 5.06. The Morgan fingerprint density at radius 2 is 1.98 bits per heavy atom. The molecule has 1 aromatic heterocycles. The number of sulfonamides is 1. The van der Waals surface area contributed by atoms with E-state index in [1.807, 2.05) is 0 Å². The summed E-state index contributed by atoms with van der Waals surface area (Å²) < 4.78 is 84.3. The van der Waals surface area contributed by atoms with Crippen molar-refractivity contribution in [2.75, 3.05) is 22.8 Å². The number of nitrogens with one attached hydrogen (secondary N) is 1. The van der Waals surface area contributed by atoms with Gasteiger partial charge in [-0.2, -0.15) is 21.6 Å². The number of aryl methyl sites for hydroxylation is 1. The Bertz CT molecular complexity index is 1360. The largest absolute Gasteiger partial charge is 0.486 e. The maximum absolute atomic E-state index is 14.0. The fourth-order valence-corrected chi connectivity index (χ4v) is 6.41. The highest BCUT2D eigenvalue weighted by Gasteiger charge is 2.51. The van der Waals surface area contributed by atoms with Crippen molar-refractivity contribution in [3.8, 4) is 10.8 Å². The van der Waals surface area contributed by atoms with Crippen molar-refractivity contribution in [1.29, 1.82) is 0 Å². The zero-order valence-electron chi connectivity index (χ0n) is 22.4. The van der Waals surface area contributed by atoms with Gasteiger partial charge in [-0.1, -0.05) is 25.2 Å². The van der Waals surface area contributed by atoms with E-state index in [0.29, 0.717) is 25.3 Å². The molecule has 2 aromatic rings. The van der Waals surface area contributed by atoms with Crippen LogP contribution in [0.15, 0.2) is 23.2 Å². The molecule has 0 fully saturated rings. The van der Waals surface area contributed by atoms with Crippen LogP contribution in [0.3, 0.4) is 0 Å². The lowest BCUT2D eigenvalue weighted by atomic mass is 10.0. The van der Waals surface area contributed by atoms with Gasteiger partial charge in [-0.05, 0) is 51.8 Å². The van der Waals surface area contributed by atoms with E-state index in [0.717, 1.165) is 15.6 Å². The second kappa shape index (κ2) is 11.7. The normalized spacial score (nSPS) is 16.5. The summed E-state index contributed by atoms with van der Waals surface area (Å²) in [4.78, 5) is 27.9. The van der Waals surface area contributed by atoms with Crippen LogP contribution in [0.5, 0.6) is 10.8 Å². The number of halogens is 3. The van der Waals surface area contributed by atoms with Crippen molar-refractivity contribution < 1.29 is 50.5 Å². The molecule has 222 valence electrons. The Morgan fingerprint density at radius 3 is 2.55 bits per heavy atom. The Morgan fingerprint density at radius 1 is 1.30 bits per heavy atom. The fraction of sp³-hybridized carbons (Fsp3) is 0.542. The number of fused-ring (bicyclic) bond motifs is 1. The number of hydrogen-bond donors (Lipinski definition) is 2. The molecular formula is C24H30F3N3O8S2. The molecule has 11 nitrogen and oxygen atoms in total. The van der Waals surface area contributed by atoms with Gasteiger partial charge in [0.1, 0.15) is 11.9 Å². The third-order valence-electron chi connectivity index (χ3n) is 5.93. The first-order valence-corrected chi connectivity index (χ1v) is 14.5. The van der Waals surface area contributed by atoms with Gasteiger partial charge < -0.3 is 19.3 Å². The molecule has 3 rings (SSSR count). The van der Waals surface area contributed by atoms with E-state index in [1.165, 1.54) is 25.1 Å². The minimum absolute atomic E-state index is 0.0186. The van der Waals surface area contributed by atoms with Gasteiger partial charge in [0.2, 0.25) is 15.7 Å². The van der Waals surface area contributed by atoms with E-state index in [9.17, 15) is 36.3 Å². The Balaban J connectivity index is 2.03. The van der Waals surface area contributed by atoms with Gasteiger partial charge in [0, 0.05) is 5.69 Å². The van der Waals surface area contributed by atoms with E-state index in [-0.39, 0.29) is 46.8 Å². The summed E-state index contributed by atoms with van der Waals surface area (Å²) in [5.74, 6) is -1.89. The molecule has 0 aliphatic carbocycles. The number of carboxylic acid groups (broad SMARTS) is 1. The molecule has 0 unspecified atom stereocenters. The molecule has 2 N–H and O–H groups in total. The number of ether oxygens (including phenoxy) is 3. The van der Waals surface area contributed by atoms with Crippen molar-refractivity contribution in [3.05, 3.63) is 23.2 Å². The van der Waals surface area contributed by atoms with Crippen molar-refractivity contribution in [3.63, 3.8) is 0 Å². The molecule has 0 saturated heterocycles. The van der Waals surface area contributed by atoms with Gasteiger partial charge in [0.25, 0.3) is 10.0 Å². The highest BCUT2D eigenvalue weighted by atomic mass is 32.2. The number of nitrogens with zero attached hydrogens (tertiary/aromatic N) is 2. The molecule has 1 amide bonds.